The lowest BCUT2D eigenvalue weighted by Gasteiger charge is -2.17. The van der Waals surface area contributed by atoms with Gasteiger partial charge in [-0.2, -0.15) is 0 Å². The standard InChI is InChI=1S/C15H17N3S/c1-2-11-10(7-8(1)16-11)15-17-12-3-4-13-9(5-6-19-13)14(12)18-15/h5-6,8,10-11,16H,1-4,7H2,(H,17,18). The van der Waals surface area contributed by atoms with Crippen molar-refractivity contribution >= 4 is 11.3 Å². The van der Waals surface area contributed by atoms with Crippen molar-refractivity contribution in [2.45, 2.75) is 50.1 Å². The summed E-state index contributed by atoms with van der Waals surface area (Å²) in [6.45, 7) is 0. The lowest BCUT2D eigenvalue weighted by molar-refractivity contribution is 0.489. The highest BCUT2D eigenvalue weighted by Crippen LogP contribution is 2.41. The second-order valence-corrected chi connectivity index (χ2v) is 7.10. The quantitative estimate of drug-likeness (QED) is 0.837. The summed E-state index contributed by atoms with van der Waals surface area (Å²) in [4.78, 5) is 10.1. The highest BCUT2D eigenvalue weighted by atomic mass is 32.1. The van der Waals surface area contributed by atoms with Crippen molar-refractivity contribution in [1.82, 2.24) is 15.3 Å². The van der Waals surface area contributed by atoms with Gasteiger partial charge >= 0.3 is 0 Å². The Bertz CT molecular complexity index is 642. The van der Waals surface area contributed by atoms with Gasteiger partial charge in [0.15, 0.2) is 0 Å². The van der Waals surface area contributed by atoms with E-state index in [0.29, 0.717) is 12.0 Å². The summed E-state index contributed by atoms with van der Waals surface area (Å²) >= 11 is 1.88. The number of H-pyrrole nitrogens is 1. The summed E-state index contributed by atoms with van der Waals surface area (Å²) in [5.41, 5.74) is 3.98. The van der Waals surface area contributed by atoms with Gasteiger partial charge in [-0.15, -0.1) is 11.3 Å². The molecular weight excluding hydrogens is 254 g/mol. The molecule has 3 nitrogen and oxygen atoms in total. The fraction of sp³-hybridized carbons (Fsp3) is 0.533. The number of nitrogens with zero attached hydrogens (tertiary/aromatic N) is 1. The van der Waals surface area contributed by atoms with Crippen LogP contribution < -0.4 is 5.32 Å². The summed E-state index contributed by atoms with van der Waals surface area (Å²) in [5.74, 6) is 1.86. The Morgan fingerprint density at radius 3 is 3.11 bits per heavy atom. The molecule has 0 saturated carbocycles. The number of hydrogen-bond acceptors (Lipinski definition) is 3. The molecule has 98 valence electrons. The number of imidazole rings is 1. The highest BCUT2D eigenvalue weighted by Gasteiger charge is 2.41. The van der Waals surface area contributed by atoms with Crippen LogP contribution in [0.1, 0.15) is 41.6 Å². The van der Waals surface area contributed by atoms with Crippen LogP contribution in [0.5, 0.6) is 0 Å². The van der Waals surface area contributed by atoms with E-state index in [0.717, 1.165) is 12.5 Å². The van der Waals surface area contributed by atoms with E-state index < -0.39 is 0 Å². The largest absolute Gasteiger partial charge is 0.345 e. The number of thiophene rings is 1. The first-order chi connectivity index (χ1) is 9.38. The van der Waals surface area contributed by atoms with Gasteiger partial charge in [-0.25, -0.2) is 4.98 Å². The number of nitrogens with one attached hydrogen (secondary N) is 2. The molecule has 2 bridgehead atoms. The molecule has 0 spiro atoms. The van der Waals surface area contributed by atoms with Crippen molar-refractivity contribution in [1.29, 1.82) is 0 Å². The monoisotopic (exact) mass is 271 g/mol. The molecule has 4 heteroatoms. The van der Waals surface area contributed by atoms with Crippen molar-refractivity contribution in [2.75, 3.05) is 0 Å². The van der Waals surface area contributed by atoms with E-state index >= 15 is 0 Å². The third-order valence-electron chi connectivity index (χ3n) is 5.05. The van der Waals surface area contributed by atoms with Gasteiger partial charge in [-0.05, 0) is 43.6 Å². The van der Waals surface area contributed by atoms with Crippen LogP contribution in [-0.4, -0.2) is 22.1 Å². The van der Waals surface area contributed by atoms with Crippen molar-refractivity contribution in [2.24, 2.45) is 0 Å². The van der Waals surface area contributed by atoms with E-state index in [1.807, 2.05) is 11.3 Å². The Morgan fingerprint density at radius 2 is 2.26 bits per heavy atom. The smallest absolute Gasteiger partial charge is 0.111 e. The van der Waals surface area contributed by atoms with Gasteiger partial charge in [0.05, 0.1) is 5.69 Å². The number of aryl methyl sites for hydroxylation is 2. The average Bonchev–Trinajstić information content (AvgIpc) is 3.19. The minimum atomic E-state index is 0.617. The van der Waals surface area contributed by atoms with Crippen LogP contribution >= 0.6 is 11.3 Å². The number of aromatic nitrogens is 2. The molecule has 2 saturated heterocycles. The molecule has 2 aromatic rings. The van der Waals surface area contributed by atoms with Gasteiger partial charge in [0.25, 0.3) is 0 Å². The minimum Gasteiger partial charge on any atom is -0.345 e. The van der Waals surface area contributed by atoms with Crippen LogP contribution in [-0.2, 0) is 12.8 Å². The van der Waals surface area contributed by atoms with E-state index in [2.05, 4.69) is 21.7 Å². The van der Waals surface area contributed by atoms with Crippen molar-refractivity contribution < 1.29 is 0 Å². The van der Waals surface area contributed by atoms with Crippen LogP contribution in [0.3, 0.4) is 0 Å². The summed E-state index contributed by atoms with van der Waals surface area (Å²) in [6.07, 6.45) is 6.26. The molecule has 3 unspecified atom stereocenters. The molecule has 0 aromatic carbocycles. The third kappa shape index (κ3) is 1.44. The first kappa shape index (κ1) is 10.6. The normalized spacial score (nSPS) is 31.5. The highest BCUT2D eigenvalue weighted by molar-refractivity contribution is 7.10. The van der Waals surface area contributed by atoms with Crippen molar-refractivity contribution in [3.05, 3.63) is 27.8 Å². The van der Waals surface area contributed by atoms with Crippen molar-refractivity contribution in [3.63, 3.8) is 0 Å². The Morgan fingerprint density at radius 1 is 1.26 bits per heavy atom. The first-order valence-corrected chi connectivity index (χ1v) is 8.18. The second kappa shape index (κ2) is 3.70. The Kier molecular flexibility index (Phi) is 2.07. The van der Waals surface area contributed by atoms with Gasteiger partial charge in [-0.1, -0.05) is 0 Å². The molecule has 2 N–H and O–H groups in total. The summed E-state index contributed by atoms with van der Waals surface area (Å²) in [6, 6.07) is 3.65. The van der Waals surface area contributed by atoms with Crippen molar-refractivity contribution in [3.8, 4) is 11.3 Å². The Hall–Kier alpha value is -1.13. The van der Waals surface area contributed by atoms with Crippen LogP contribution in [0.15, 0.2) is 11.4 Å². The summed E-state index contributed by atoms with van der Waals surface area (Å²) in [5, 5.41) is 5.91. The summed E-state index contributed by atoms with van der Waals surface area (Å²) in [7, 11) is 0. The molecule has 2 fully saturated rings. The molecule has 2 aromatic heterocycles. The van der Waals surface area contributed by atoms with Crippen LogP contribution in [0.25, 0.3) is 11.3 Å². The van der Waals surface area contributed by atoms with Gasteiger partial charge in [0.2, 0.25) is 0 Å². The molecule has 1 aliphatic carbocycles. The van der Waals surface area contributed by atoms with Gasteiger partial charge < -0.3 is 10.3 Å². The fourth-order valence-electron chi connectivity index (χ4n) is 4.12. The lowest BCUT2D eigenvalue weighted by Crippen LogP contribution is -2.22. The molecule has 2 aliphatic heterocycles. The van der Waals surface area contributed by atoms with E-state index in [1.165, 1.54) is 53.3 Å². The first-order valence-electron chi connectivity index (χ1n) is 7.30. The molecule has 0 amide bonds. The topological polar surface area (TPSA) is 40.7 Å². The maximum Gasteiger partial charge on any atom is 0.111 e. The molecule has 19 heavy (non-hydrogen) atoms. The zero-order valence-electron chi connectivity index (χ0n) is 10.8. The van der Waals surface area contributed by atoms with Gasteiger partial charge in [0, 0.05) is 34.1 Å². The zero-order chi connectivity index (χ0) is 12.4. The maximum atomic E-state index is 4.98. The predicted molar refractivity (Wildman–Crippen MR) is 76.6 cm³/mol. The Labute approximate surface area is 116 Å². The van der Waals surface area contributed by atoms with Crippen LogP contribution in [0, 0.1) is 0 Å². The second-order valence-electron chi connectivity index (χ2n) is 6.10. The van der Waals surface area contributed by atoms with Crippen LogP contribution in [0.2, 0.25) is 0 Å². The van der Waals surface area contributed by atoms with E-state index in [1.54, 1.807) is 0 Å². The summed E-state index contributed by atoms with van der Waals surface area (Å²) < 4.78 is 0. The molecule has 4 heterocycles. The number of aromatic amines is 1. The third-order valence-corrected chi connectivity index (χ3v) is 6.03. The SMILES string of the molecule is c1cc2c(s1)CCc1[nH]c(C3CC4CCC3N4)nc1-2. The minimum absolute atomic E-state index is 0.617. The predicted octanol–water partition coefficient (Wildman–Crippen LogP) is 2.84. The maximum absolute atomic E-state index is 4.98. The van der Waals surface area contributed by atoms with Gasteiger partial charge in [-0.3, -0.25) is 0 Å². The number of hydrogen-bond donors (Lipinski definition) is 2. The average molecular weight is 271 g/mol. The number of rotatable bonds is 1. The molecular formula is C15H17N3S. The molecule has 5 rings (SSSR count). The van der Waals surface area contributed by atoms with E-state index in [4.69, 9.17) is 4.98 Å². The zero-order valence-corrected chi connectivity index (χ0v) is 11.6. The number of fused-ring (bicyclic) bond motifs is 5. The van der Waals surface area contributed by atoms with E-state index in [-0.39, 0.29) is 0 Å². The Balaban J connectivity index is 1.57. The molecule has 0 radical (unpaired) electrons. The lowest BCUT2D eigenvalue weighted by atomic mass is 9.89. The van der Waals surface area contributed by atoms with Crippen LogP contribution in [0.4, 0.5) is 0 Å². The van der Waals surface area contributed by atoms with E-state index in [9.17, 15) is 0 Å². The molecule has 3 aliphatic rings. The molecule has 3 atom stereocenters. The van der Waals surface area contributed by atoms with Gasteiger partial charge in [0.1, 0.15) is 5.82 Å². The fourth-order valence-corrected chi connectivity index (χ4v) is 5.00.